The molecule has 31 heavy (non-hydrogen) atoms. The van der Waals surface area contributed by atoms with E-state index in [4.69, 9.17) is 28.4 Å². The summed E-state index contributed by atoms with van der Waals surface area (Å²) in [7, 11) is 0. The van der Waals surface area contributed by atoms with E-state index in [-0.39, 0.29) is 6.61 Å². The van der Waals surface area contributed by atoms with E-state index in [1.165, 1.54) is 13.8 Å². The molecule has 0 amide bonds. The van der Waals surface area contributed by atoms with E-state index in [0.717, 1.165) is 19.4 Å². The summed E-state index contributed by atoms with van der Waals surface area (Å²) >= 11 is 0. The van der Waals surface area contributed by atoms with Crippen molar-refractivity contribution in [1.29, 1.82) is 0 Å². The van der Waals surface area contributed by atoms with Crippen molar-refractivity contribution < 1.29 is 47.6 Å². The molecule has 170 valence electrons. The highest BCUT2D eigenvalue weighted by Crippen LogP contribution is 2.31. The van der Waals surface area contributed by atoms with Crippen molar-refractivity contribution in [2.24, 2.45) is 0 Å². The van der Waals surface area contributed by atoms with Gasteiger partial charge in [0.1, 0.15) is 18.5 Å². The number of ether oxygens (including phenoxy) is 6. The Kier molecular flexibility index (Phi) is 8.38. The van der Waals surface area contributed by atoms with Crippen molar-refractivity contribution in [3.8, 4) is 5.75 Å². The Morgan fingerprint density at radius 3 is 1.90 bits per heavy atom. The Bertz CT molecular complexity index is 820. The lowest BCUT2D eigenvalue weighted by atomic mass is 9.98. The summed E-state index contributed by atoms with van der Waals surface area (Å²) in [5, 5.41) is 0. The lowest BCUT2D eigenvalue weighted by molar-refractivity contribution is -0.288. The second kappa shape index (κ2) is 10.8. The molecule has 0 aromatic heterocycles. The third-order valence-electron chi connectivity index (χ3n) is 4.28. The van der Waals surface area contributed by atoms with Crippen LogP contribution in [0.5, 0.6) is 5.75 Å². The smallest absolute Gasteiger partial charge is 0.303 e. The maximum Gasteiger partial charge on any atom is 0.303 e. The molecular formula is C21H26O10. The summed E-state index contributed by atoms with van der Waals surface area (Å²) in [6.07, 6.45) is -6.06. The first-order valence-corrected chi connectivity index (χ1v) is 9.61. The molecule has 0 saturated carbocycles. The van der Waals surface area contributed by atoms with Crippen LogP contribution in [0.15, 0.2) is 24.3 Å². The molecule has 10 nitrogen and oxygen atoms in total. The lowest BCUT2D eigenvalue weighted by Crippen LogP contribution is -2.63. The van der Waals surface area contributed by atoms with E-state index >= 15 is 0 Å². The van der Waals surface area contributed by atoms with E-state index in [0.29, 0.717) is 5.75 Å². The molecule has 0 aliphatic carbocycles. The zero-order valence-corrected chi connectivity index (χ0v) is 18.0. The van der Waals surface area contributed by atoms with Gasteiger partial charge in [0.15, 0.2) is 12.2 Å². The van der Waals surface area contributed by atoms with Gasteiger partial charge in [-0.2, -0.15) is 0 Å². The fraction of sp³-hybridized carbons (Fsp3) is 0.524. The summed E-state index contributed by atoms with van der Waals surface area (Å²) in [5.41, 5.74) is 0.773. The second-order valence-electron chi connectivity index (χ2n) is 6.95. The minimum absolute atomic E-state index is 0.314. The number of benzene rings is 1. The summed E-state index contributed by atoms with van der Waals surface area (Å²) in [6, 6.07) is 7.05. The number of carbonyl (C=O) groups is 4. The van der Waals surface area contributed by atoms with Crippen LogP contribution in [0.4, 0.5) is 0 Å². The molecule has 5 atom stereocenters. The normalized spacial score (nSPS) is 25.1. The number of aryl methyl sites for hydroxylation is 1. The topological polar surface area (TPSA) is 124 Å². The highest BCUT2D eigenvalue weighted by Gasteiger charge is 2.53. The summed E-state index contributed by atoms with van der Waals surface area (Å²) in [5.74, 6) is -2.25. The number of hydrogen-bond donors (Lipinski definition) is 0. The van der Waals surface area contributed by atoms with Crippen LogP contribution in [0.1, 0.15) is 33.3 Å². The van der Waals surface area contributed by atoms with Crippen LogP contribution in [-0.2, 0) is 42.9 Å². The van der Waals surface area contributed by atoms with E-state index in [9.17, 15) is 19.2 Å². The standard InChI is InChI=1S/C21H26O10/c1-11-8-6-7-9-16(11)30-21-20(29-15(5)25)19(28-14(4)24)18(27-13(3)23)17(31-21)10-26-12(2)22/h6-9,17-21H,10H2,1-5H3/t17-,18-,19+,20-,21+/m1/s1. The van der Waals surface area contributed by atoms with Crippen molar-refractivity contribution in [3.05, 3.63) is 29.8 Å². The third kappa shape index (κ3) is 6.95. The second-order valence-corrected chi connectivity index (χ2v) is 6.95. The zero-order chi connectivity index (χ0) is 23.1. The highest BCUT2D eigenvalue weighted by molar-refractivity contribution is 5.68. The predicted octanol–water partition coefficient (Wildman–Crippen LogP) is 1.46. The van der Waals surface area contributed by atoms with Crippen molar-refractivity contribution in [1.82, 2.24) is 0 Å². The van der Waals surface area contributed by atoms with Gasteiger partial charge in [-0.15, -0.1) is 0 Å². The van der Waals surface area contributed by atoms with Gasteiger partial charge in [0.2, 0.25) is 12.4 Å². The molecule has 2 rings (SSSR count). The van der Waals surface area contributed by atoms with Crippen LogP contribution in [-0.4, -0.2) is 61.2 Å². The molecule has 1 aliphatic rings. The van der Waals surface area contributed by atoms with Gasteiger partial charge in [0.25, 0.3) is 0 Å². The van der Waals surface area contributed by atoms with Crippen LogP contribution in [0.3, 0.4) is 0 Å². The van der Waals surface area contributed by atoms with Gasteiger partial charge in [-0.1, -0.05) is 18.2 Å². The average Bonchev–Trinajstić information content (AvgIpc) is 2.65. The molecular weight excluding hydrogens is 412 g/mol. The molecule has 10 heteroatoms. The van der Waals surface area contributed by atoms with Crippen LogP contribution in [0.25, 0.3) is 0 Å². The number of carbonyl (C=O) groups excluding carboxylic acids is 4. The molecule has 1 aliphatic heterocycles. The summed E-state index contributed by atoms with van der Waals surface area (Å²) < 4.78 is 32.9. The quantitative estimate of drug-likeness (QED) is 0.456. The van der Waals surface area contributed by atoms with E-state index in [1.54, 1.807) is 25.1 Å². The van der Waals surface area contributed by atoms with Gasteiger partial charge in [0.05, 0.1) is 0 Å². The number of hydrogen-bond acceptors (Lipinski definition) is 10. The van der Waals surface area contributed by atoms with Gasteiger partial charge in [-0.05, 0) is 18.6 Å². The van der Waals surface area contributed by atoms with Gasteiger partial charge in [-0.3, -0.25) is 19.2 Å². The molecule has 0 radical (unpaired) electrons. The van der Waals surface area contributed by atoms with Crippen LogP contribution < -0.4 is 4.74 Å². The molecule has 0 spiro atoms. The fourth-order valence-electron chi connectivity index (χ4n) is 3.10. The van der Waals surface area contributed by atoms with Crippen molar-refractivity contribution in [2.45, 2.75) is 65.3 Å². The van der Waals surface area contributed by atoms with E-state index in [1.807, 2.05) is 6.07 Å². The maximum absolute atomic E-state index is 11.8. The molecule has 0 unspecified atom stereocenters. The summed E-state index contributed by atoms with van der Waals surface area (Å²) in [4.78, 5) is 46.6. The zero-order valence-electron chi connectivity index (χ0n) is 18.0. The minimum atomic E-state index is -1.27. The molecule has 1 heterocycles. The number of rotatable bonds is 7. The van der Waals surface area contributed by atoms with Crippen molar-refractivity contribution >= 4 is 23.9 Å². The minimum Gasteiger partial charge on any atom is -0.463 e. The molecule has 1 aromatic rings. The maximum atomic E-state index is 11.8. The molecule has 0 N–H and O–H groups in total. The van der Waals surface area contributed by atoms with Crippen LogP contribution >= 0.6 is 0 Å². The van der Waals surface area contributed by atoms with Gasteiger partial charge < -0.3 is 28.4 Å². The lowest BCUT2D eigenvalue weighted by Gasteiger charge is -2.44. The van der Waals surface area contributed by atoms with Gasteiger partial charge in [0, 0.05) is 27.7 Å². The van der Waals surface area contributed by atoms with Crippen LogP contribution in [0, 0.1) is 6.92 Å². The highest BCUT2D eigenvalue weighted by atomic mass is 16.7. The number of para-hydroxylation sites is 1. The van der Waals surface area contributed by atoms with Gasteiger partial charge in [-0.25, -0.2) is 0 Å². The van der Waals surface area contributed by atoms with Crippen molar-refractivity contribution in [2.75, 3.05) is 6.61 Å². The van der Waals surface area contributed by atoms with Gasteiger partial charge >= 0.3 is 23.9 Å². The molecule has 1 saturated heterocycles. The molecule has 1 fully saturated rings. The Balaban J connectivity index is 2.46. The Labute approximate surface area is 179 Å². The number of esters is 4. The Morgan fingerprint density at radius 2 is 1.35 bits per heavy atom. The van der Waals surface area contributed by atoms with Crippen molar-refractivity contribution in [3.63, 3.8) is 0 Å². The molecule has 0 bridgehead atoms. The predicted molar refractivity (Wildman–Crippen MR) is 104 cm³/mol. The molecule has 1 aromatic carbocycles. The SMILES string of the molecule is CC(=O)OC[C@H]1O[C@H](Oc2ccccc2C)[C@H](OC(C)=O)[C@@H](OC(C)=O)[C@@H]1OC(C)=O. The first-order chi connectivity index (χ1) is 14.6. The summed E-state index contributed by atoms with van der Waals surface area (Å²) in [6.45, 7) is 6.18. The Hall–Kier alpha value is -3.14. The monoisotopic (exact) mass is 438 g/mol. The Morgan fingerprint density at radius 1 is 0.806 bits per heavy atom. The average molecular weight is 438 g/mol. The first-order valence-electron chi connectivity index (χ1n) is 9.61. The first kappa shape index (κ1) is 24.1. The van der Waals surface area contributed by atoms with E-state index in [2.05, 4.69) is 0 Å². The third-order valence-corrected chi connectivity index (χ3v) is 4.28. The van der Waals surface area contributed by atoms with E-state index < -0.39 is 54.6 Å². The largest absolute Gasteiger partial charge is 0.463 e. The fourth-order valence-corrected chi connectivity index (χ4v) is 3.10. The van der Waals surface area contributed by atoms with Crippen LogP contribution in [0.2, 0.25) is 0 Å².